The zero-order valence-corrected chi connectivity index (χ0v) is 9.37. The predicted octanol–water partition coefficient (Wildman–Crippen LogP) is 1.05. The van der Waals surface area contributed by atoms with Crippen LogP contribution >= 0.6 is 0 Å². The second kappa shape index (κ2) is 4.00. The topological polar surface area (TPSA) is 64.0 Å². The highest BCUT2D eigenvalue weighted by Crippen LogP contribution is 2.10. The molecule has 5 nitrogen and oxygen atoms in total. The Hall–Kier alpha value is -1.04. The largest absolute Gasteiger partial charge is 0.280 e. The number of aryl methyl sites for hydroxylation is 1. The van der Waals surface area contributed by atoms with Crippen molar-refractivity contribution >= 4 is 15.7 Å². The Labute approximate surface area is 84.2 Å². The van der Waals surface area contributed by atoms with Crippen molar-refractivity contribution in [2.45, 2.75) is 32.6 Å². The molecule has 1 aromatic rings. The molecule has 0 aliphatic heterocycles. The van der Waals surface area contributed by atoms with Gasteiger partial charge in [0, 0.05) is 12.7 Å². The average Bonchev–Trinajstić information content (AvgIpc) is 2.51. The molecule has 0 radical (unpaired) electrons. The summed E-state index contributed by atoms with van der Waals surface area (Å²) < 4.78 is 27.0. The van der Waals surface area contributed by atoms with Gasteiger partial charge in [-0.3, -0.25) is 9.40 Å². The van der Waals surface area contributed by atoms with Crippen molar-refractivity contribution in [2.75, 3.05) is 4.72 Å². The summed E-state index contributed by atoms with van der Waals surface area (Å²) in [4.78, 5) is 0. The van der Waals surface area contributed by atoms with Gasteiger partial charge in [0.25, 0.3) is 0 Å². The molecule has 0 saturated carbocycles. The highest BCUT2D eigenvalue weighted by atomic mass is 32.2. The maximum atomic E-state index is 11.4. The van der Waals surface area contributed by atoms with Gasteiger partial charge in [-0.15, -0.1) is 0 Å². The molecular formula is C8H15N3O2S. The van der Waals surface area contributed by atoms with Gasteiger partial charge in [-0.1, -0.05) is 0 Å². The van der Waals surface area contributed by atoms with Gasteiger partial charge in [0.15, 0.2) is 0 Å². The Morgan fingerprint density at radius 1 is 1.57 bits per heavy atom. The van der Waals surface area contributed by atoms with Crippen LogP contribution in [0.4, 0.5) is 5.69 Å². The fraction of sp³-hybridized carbons (Fsp3) is 0.625. The van der Waals surface area contributed by atoms with Crippen LogP contribution in [0.1, 0.15) is 20.8 Å². The summed E-state index contributed by atoms with van der Waals surface area (Å²) in [5.41, 5.74) is 0.514. The Bertz CT molecular complexity index is 394. The van der Waals surface area contributed by atoms with E-state index in [2.05, 4.69) is 9.82 Å². The number of anilines is 1. The molecule has 1 aromatic heterocycles. The number of hydrogen-bond acceptors (Lipinski definition) is 3. The Morgan fingerprint density at radius 2 is 2.21 bits per heavy atom. The van der Waals surface area contributed by atoms with Crippen LogP contribution in [0.2, 0.25) is 0 Å². The highest BCUT2D eigenvalue weighted by molar-refractivity contribution is 7.93. The van der Waals surface area contributed by atoms with Crippen molar-refractivity contribution in [3.63, 3.8) is 0 Å². The Kier molecular flexibility index (Phi) is 3.15. The van der Waals surface area contributed by atoms with E-state index in [0.717, 1.165) is 6.54 Å². The maximum Gasteiger partial charge on any atom is 0.235 e. The maximum absolute atomic E-state index is 11.4. The Balaban J connectivity index is 2.79. The molecule has 80 valence electrons. The molecule has 0 saturated heterocycles. The zero-order valence-electron chi connectivity index (χ0n) is 8.56. The number of nitrogens with zero attached hydrogens (tertiary/aromatic N) is 2. The van der Waals surface area contributed by atoms with E-state index < -0.39 is 15.3 Å². The first kappa shape index (κ1) is 11.0. The van der Waals surface area contributed by atoms with Crippen molar-refractivity contribution in [1.29, 1.82) is 0 Å². The molecule has 0 amide bonds. The number of sulfonamides is 1. The third kappa shape index (κ3) is 2.47. The second-order valence-electron chi connectivity index (χ2n) is 3.28. The van der Waals surface area contributed by atoms with E-state index in [9.17, 15) is 8.42 Å². The predicted molar refractivity (Wildman–Crippen MR) is 55.6 cm³/mol. The van der Waals surface area contributed by atoms with E-state index >= 15 is 0 Å². The van der Waals surface area contributed by atoms with Crippen LogP contribution in [0.15, 0.2) is 12.4 Å². The average molecular weight is 217 g/mol. The van der Waals surface area contributed by atoms with Gasteiger partial charge >= 0.3 is 0 Å². The summed E-state index contributed by atoms with van der Waals surface area (Å²) >= 11 is 0. The minimum Gasteiger partial charge on any atom is -0.280 e. The lowest BCUT2D eigenvalue weighted by Crippen LogP contribution is -2.22. The summed E-state index contributed by atoms with van der Waals surface area (Å²) in [7, 11) is -3.25. The van der Waals surface area contributed by atoms with Gasteiger partial charge in [0.05, 0.1) is 17.1 Å². The standard InChI is InChI=1S/C8H15N3O2S/c1-4-11-6-8(5-9-11)10-14(12,13)7(2)3/h5-7,10H,4H2,1-3H3. The molecule has 0 aliphatic carbocycles. The minimum atomic E-state index is -3.25. The SMILES string of the molecule is CCn1cc(NS(=O)(=O)C(C)C)cn1. The first-order valence-electron chi connectivity index (χ1n) is 4.49. The molecule has 0 bridgehead atoms. The monoisotopic (exact) mass is 217 g/mol. The lowest BCUT2D eigenvalue weighted by atomic mass is 10.6. The van der Waals surface area contributed by atoms with E-state index in [1.54, 1.807) is 24.7 Å². The summed E-state index contributed by atoms with van der Waals surface area (Å²) in [5, 5.41) is 3.53. The third-order valence-electron chi connectivity index (χ3n) is 1.84. The molecule has 14 heavy (non-hydrogen) atoms. The minimum absolute atomic E-state index is 0.438. The quantitative estimate of drug-likeness (QED) is 0.820. The zero-order chi connectivity index (χ0) is 10.8. The van der Waals surface area contributed by atoms with Crippen molar-refractivity contribution in [1.82, 2.24) is 9.78 Å². The summed E-state index contributed by atoms with van der Waals surface area (Å²) in [6, 6.07) is 0. The van der Waals surface area contributed by atoms with Crippen molar-refractivity contribution < 1.29 is 8.42 Å². The van der Waals surface area contributed by atoms with Crippen LogP contribution in [-0.4, -0.2) is 23.4 Å². The molecular weight excluding hydrogens is 202 g/mol. The number of nitrogens with one attached hydrogen (secondary N) is 1. The summed E-state index contributed by atoms with van der Waals surface area (Å²) in [5.74, 6) is 0. The Morgan fingerprint density at radius 3 is 2.64 bits per heavy atom. The van der Waals surface area contributed by atoms with E-state index in [1.807, 2.05) is 6.92 Å². The van der Waals surface area contributed by atoms with Crippen molar-refractivity contribution in [3.8, 4) is 0 Å². The van der Waals surface area contributed by atoms with Gasteiger partial charge in [-0.05, 0) is 20.8 Å². The smallest absolute Gasteiger partial charge is 0.235 e. The van der Waals surface area contributed by atoms with E-state index in [-0.39, 0.29) is 0 Å². The molecule has 0 unspecified atom stereocenters. The molecule has 1 N–H and O–H groups in total. The fourth-order valence-corrected chi connectivity index (χ4v) is 1.54. The molecule has 6 heteroatoms. The third-order valence-corrected chi connectivity index (χ3v) is 3.60. The lowest BCUT2D eigenvalue weighted by Gasteiger charge is -2.07. The molecule has 0 fully saturated rings. The van der Waals surface area contributed by atoms with E-state index in [0.29, 0.717) is 5.69 Å². The highest BCUT2D eigenvalue weighted by Gasteiger charge is 2.15. The van der Waals surface area contributed by atoms with Gasteiger partial charge in [0.2, 0.25) is 10.0 Å². The molecule has 1 heterocycles. The number of hydrogen-bond donors (Lipinski definition) is 1. The summed E-state index contributed by atoms with van der Waals surface area (Å²) in [6.45, 7) is 5.93. The molecule has 0 spiro atoms. The van der Waals surface area contributed by atoms with Crippen molar-refractivity contribution in [2.24, 2.45) is 0 Å². The van der Waals surface area contributed by atoms with Gasteiger partial charge in [-0.2, -0.15) is 5.10 Å². The molecule has 0 aromatic carbocycles. The fourth-order valence-electron chi connectivity index (χ4n) is 0.871. The van der Waals surface area contributed by atoms with Crippen LogP contribution in [0, 0.1) is 0 Å². The molecule has 1 rings (SSSR count). The summed E-state index contributed by atoms with van der Waals surface area (Å²) in [6.07, 6.45) is 3.17. The first-order valence-corrected chi connectivity index (χ1v) is 6.04. The van der Waals surface area contributed by atoms with E-state index in [1.165, 1.54) is 6.20 Å². The van der Waals surface area contributed by atoms with Crippen LogP contribution in [0.3, 0.4) is 0 Å². The van der Waals surface area contributed by atoms with E-state index in [4.69, 9.17) is 0 Å². The normalized spacial score (nSPS) is 12.0. The van der Waals surface area contributed by atoms with Crippen LogP contribution in [0.5, 0.6) is 0 Å². The van der Waals surface area contributed by atoms with Gasteiger partial charge < -0.3 is 0 Å². The first-order chi connectivity index (χ1) is 6.45. The number of aromatic nitrogens is 2. The second-order valence-corrected chi connectivity index (χ2v) is 5.52. The van der Waals surface area contributed by atoms with Crippen LogP contribution in [-0.2, 0) is 16.6 Å². The van der Waals surface area contributed by atoms with Crippen molar-refractivity contribution in [3.05, 3.63) is 12.4 Å². The number of rotatable bonds is 4. The van der Waals surface area contributed by atoms with Gasteiger partial charge in [-0.25, -0.2) is 8.42 Å². The molecule has 0 aliphatic rings. The van der Waals surface area contributed by atoms with Gasteiger partial charge in [0.1, 0.15) is 0 Å². The molecule has 0 atom stereocenters. The lowest BCUT2D eigenvalue weighted by molar-refractivity contribution is 0.592. The van der Waals surface area contributed by atoms with Crippen LogP contribution in [0.25, 0.3) is 0 Å². The van der Waals surface area contributed by atoms with Crippen LogP contribution < -0.4 is 4.72 Å².